The van der Waals surface area contributed by atoms with E-state index in [1.807, 2.05) is 29.7 Å². The number of rotatable bonds is 5. The maximum absolute atomic E-state index is 5.63. The minimum atomic E-state index is 0.372. The van der Waals surface area contributed by atoms with Crippen molar-refractivity contribution in [3.05, 3.63) is 42.5 Å². The molecule has 0 spiro atoms. The molecule has 0 saturated heterocycles. The molecular formula is C12H15N5S. The lowest BCUT2D eigenvalue weighted by atomic mass is 10.4. The van der Waals surface area contributed by atoms with Crippen molar-refractivity contribution in [2.24, 2.45) is 5.73 Å². The summed E-state index contributed by atoms with van der Waals surface area (Å²) in [6, 6.07) is 3.96. The fourth-order valence-electron chi connectivity index (χ4n) is 1.55. The normalized spacial score (nSPS) is 10.6. The lowest BCUT2D eigenvalue weighted by Crippen LogP contribution is -2.08. The van der Waals surface area contributed by atoms with Crippen LogP contribution in [0.2, 0.25) is 0 Å². The van der Waals surface area contributed by atoms with Gasteiger partial charge < -0.3 is 10.3 Å². The molecule has 0 bridgehead atoms. The number of nitrogens with zero attached hydrogens (tertiary/aromatic N) is 4. The molecule has 0 unspecified atom stereocenters. The molecule has 0 aliphatic rings. The van der Waals surface area contributed by atoms with Crippen LogP contribution in [0.15, 0.2) is 41.0 Å². The largest absolute Gasteiger partial charge is 0.324 e. The molecule has 2 N–H and O–H groups in total. The van der Waals surface area contributed by atoms with Crippen molar-refractivity contribution in [2.45, 2.75) is 30.1 Å². The highest BCUT2D eigenvalue weighted by atomic mass is 32.2. The molecule has 5 nitrogen and oxygen atoms in total. The third-order valence-corrected chi connectivity index (χ3v) is 3.34. The van der Waals surface area contributed by atoms with Gasteiger partial charge >= 0.3 is 0 Å². The third-order valence-electron chi connectivity index (χ3n) is 2.36. The molecule has 94 valence electrons. The molecule has 0 aliphatic heterocycles. The number of hydrogen-bond donors (Lipinski definition) is 1. The Morgan fingerprint density at radius 1 is 1.50 bits per heavy atom. The Labute approximate surface area is 110 Å². The minimum absolute atomic E-state index is 0.372. The van der Waals surface area contributed by atoms with Crippen molar-refractivity contribution in [1.82, 2.24) is 19.7 Å². The predicted molar refractivity (Wildman–Crippen MR) is 71.2 cm³/mol. The van der Waals surface area contributed by atoms with E-state index in [1.54, 1.807) is 18.0 Å². The highest BCUT2D eigenvalue weighted by Crippen LogP contribution is 2.26. The average Bonchev–Trinajstić information content (AvgIpc) is 2.72. The van der Waals surface area contributed by atoms with E-state index in [0.717, 1.165) is 21.6 Å². The van der Waals surface area contributed by atoms with Crippen LogP contribution in [0.25, 0.3) is 0 Å². The zero-order valence-corrected chi connectivity index (χ0v) is 11.0. The second-order valence-electron chi connectivity index (χ2n) is 3.74. The first-order valence-electron chi connectivity index (χ1n) is 5.58. The van der Waals surface area contributed by atoms with Gasteiger partial charge in [0.2, 0.25) is 0 Å². The number of nitrogens with two attached hydrogens (primary N) is 1. The first-order valence-corrected chi connectivity index (χ1v) is 6.39. The summed E-state index contributed by atoms with van der Waals surface area (Å²) in [6.45, 7) is 6.73. The summed E-state index contributed by atoms with van der Waals surface area (Å²) in [6.07, 6.45) is 3.60. The van der Waals surface area contributed by atoms with Crippen molar-refractivity contribution in [3.8, 4) is 0 Å². The first-order chi connectivity index (χ1) is 8.74. The Morgan fingerprint density at radius 2 is 2.33 bits per heavy atom. The molecular weight excluding hydrogens is 246 g/mol. The minimum Gasteiger partial charge on any atom is -0.324 e. The van der Waals surface area contributed by atoms with Gasteiger partial charge in [-0.1, -0.05) is 6.08 Å². The van der Waals surface area contributed by atoms with Crippen LogP contribution < -0.4 is 5.73 Å². The predicted octanol–water partition coefficient (Wildman–Crippen LogP) is 1.78. The number of aromatic nitrogens is 4. The van der Waals surface area contributed by atoms with Gasteiger partial charge in [-0.25, -0.2) is 0 Å². The van der Waals surface area contributed by atoms with Gasteiger partial charge in [-0.3, -0.25) is 4.98 Å². The molecule has 0 radical (unpaired) electrons. The van der Waals surface area contributed by atoms with E-state index in [-0.39, 0.29) is 0 Å². The summed E-state index contributed by atoms with van der Waals surface area (Å²) >= 11 is 1.55. The van der Waals surface area contributed by atoms with Crippen LogP contribution in [0, 0.1) is 6.92 Å². The summed E-state index contributed by atoms with van der Waals surface area (Å²) in [5.41, 5.74) is 6.62. The van der Waals surface area contributed by atoms with Gasteiger partial charge in [-0.05, 0) is 30.8 Å². The average molecular weight is 261 g/mol. The maximum atomic E-state index is 5.63. The Bertz CT molecular complexity index is 549. The van der Waals surface area contributed by atoms with Crippen molar-refractivity contribution < 1.29 is 0 Å². The summed E-state index contributed by atoms with van der Waals surface area (Å²) in [4.78, 5) is 5.26. The van der Waals surface area contributed by atoms with Crippen LogP contribution in [-0.2, 0) is 13.1 Å². The lowest BCUT2D eigenvalue weighted by molar-refractivity contribution is 0.680. The van der Waals surface area contributed by atoms with E-state index in [1.165, 1.54) is 0 Å². The Kier molecular flexibility index (Phi) is 4.11. The molecule has 0 aromatic carbocycles. The summed E-state index contributed by atoms with van der Waals surface area (Å²) in [5, 5.41) is 9.05. The monoisotopic (exact) mass is 261 g/mol. The molecule has 0 saturated carbocycles. The summed E-state index contributed by atoms with van der Waals surface area (Å²) in [5.74, 6) is 0.767. The fraction of sp³-hybridized carbons (Fsp3) is 0.250. The summed E-state index contributed by atoms with van der Waals surface area (Å²) < 4.78 is 1.97. The third kappa shape index (κ3) is 2.77. The number of pyridine rings is 1. The lowest BCUT2D eigenvalue weighted by Gasteiger charge is -2.06. The number of hydrogen-bond acceptors (Lipinski definition) is 5. The Morgan fingerprint density at radius 3 is 3.00 bits per heavy atom. The summed E-state index contributed by atoms with van der Waals surface area (Å²) in [7, 11) is 0. The zero-order valence-electron chi connectivity index (χ0n) is 10.2. The van der Waals surface area contributed by atoms with E-state index >= 15 is 0 Å². The zero-order chi connectivity index (χ0) is 13.0. The van der Waals surface area contributed by atoms with Crippen LogP contribution in [0.1, 0.15) is 11.5 Å². The molecule has 2 heterocycles. The highest BCUT2D eigenvalue weighted by Gasteiger charge is 2.11. The van der Waals surface area contributed by atoms with Gasteiger partial charge in [-0.2, -0.15) is 0 Å². The van der Waals surface area contributed by atoms with Crippen LogP contribution in [0.3, 0.4) is 0 Å². The van der Waals surface area contributed by atoms with E-state index in [4.69, 9.17) is 5.73 Å². The van der Waals surface area contributed by atoms with E-state index in [0.29, 0.717) is 13.1 Å². The molecule has 0 atom stereocenters. The van der Waals surface area contributed by atoms with Gasteiger partial charge in [0.25, 0.3) is 0 Å². The standard InChI is InChI=1S/C12H15N5S/c1-3-6-17-11(8-13)15-16-12(17)18-10-4-5-14-9(2)7-10/h3-5,7H,1,6,8,13H2,2H3. The molecule has 0 fully saturated rings. The molecule has 2 rings (SSSR count). The molecule has 0 amide bonds. The molecule has 6 heteroatoms. The van der Waals surface area contributed by atoms with Crippen molar-refractivity contribution in [2.75, 3.05) is 0 Å². The quantitative estimate of drug-likeness (QED) is 0.831. The van der Waals surface area contributed by atoms with Gasteiger partial charge in [0.05, 0.1) is 6.54 Å². The van der Waals surface area contributed by atoms with Crippen molar-refractivity contribution in [1.29, 1.82) is 0 Å². The smallest absolute Gasteiger partial charge is 0.196 e. The molecule has 0 aliphatic carbocycles. The van der Waals surface area contributed by atoms with E-state index < -0.39 is 0 Å². The SMILES string of the molecule is C=CCn1c(CN)nnc1Sc1ccnc(C)c1. The fourth-order valence-corrected chi connectivity index (χ4v) is 2.49. The van der Waals surface area contributed by atoms with Gasteiger partial charge in [0, 0.05) is 23.3 Å². The van der Waals surface area contributed by atoms with Crippen LogP contribution in [0.4, 0.5) is 0 Å². The van der Waals surface area contributed by atoms with Gasteiger partial charge in [0.1, 0.15) is 5.82 Å². The second kappa shape index (κ2) is 5.79. The highest BCUT2D eigenvalue weighted by molar-refractivity contribution is 7.99. The van der Waals surface area contributed by atoms with Crippen LogP contribution in [-0.4, -0.2) is 19.7 Å². The second-order valence-corrected chi connectivity index (χ2v) is 4.78. The van der Waals surface area contributed by atoms with Gasteiger partial charge in [0.15, 0.2) is 5.16 Å². The van der Waals surface area contributed by atoms with Crippen LogP contribution in [0.5, 0.6) is 0 Å². The van der Waals surface area contributed by atoms with E-state index in [2.05, 4.69) is 21.8 Å². The molecule has 2 aromatic heterocycles. The van der Waals surface area contributed by atoms with Crippen LogP contribution >= 0.6 is 11.8 Å². The number of aryl methyl sites for hydroxylation is 1. The molecule has 18 heavy (non-hydrogen) atoms. The van der Waals surface area contributed by atoms with Crippen molar-refractivity contribution >= 4 is 11.8 Å². The van der Waals surface area contributed by atoms with E-state index in [9.17, 15) is 0 Å². The van der Waals surface area contributed by atoms with Crippen molar-refractivity contribution in [3.63, 3.8) is 0 Å². The maximum Gasteiger partial charge on any atom is 0.196 e. The van der Waals surface area contributed by atoms with Gasteiger partial charge in [-0.15, -0.1) is 16.8 Å². The topological polar surface area (TPSA) is 69.6 Å². The number of allylic oxidation sites excluding steroid dienone is 1. The Hall–Kier alpha value is -1.66. The Balaban J connectivity index is 2.28. The first kappa shape index (κ1) is 12.8. The molecule has 2 aromatic rings.